The number of hydrogen-bond donors (Lipinski definition) is 0. The molecule has 164 valence electrons. The van der Waals surface area contributed by atoms with Gasteiger partial charge >= 0.3 is 5.97 Å². The Morgan fingerprint density at radius 1 is 0.767 bits per heavy atom. The average Bonchev–Trinajstić information content (AvgIpc) is 2.77. The molecule has 0 aliphatic rings. The SMILES string of the molecule is CCCCCCCCCCCc1cnc(-c2ccc(OC(=O)CCCC)cc2)cn1. The van der Waals surface area contributed by atoms with Crippen LogP contribution in [0.15, 0.2) is 36.7 Å². The third kappa shape index (κ3) is 9.51. The molecule has 0 atom stereocenters. The monoisotopic (exact) mass is 410 g/mol. The van der Waals surface area contributed by atoms with Gasteiger partial charge < -0.3 is 4.74 Å². The number of benzene rings is 1. The number of hydrogen-bond acceptors (Lipinski definition) is 4. The molecule has 4 nitrogen and oxygen atoms in total. The van der Waals surface area contributed by atoms with Crippen molar-refractivity contribution in [2.24, 2.45) is 0 Å². The van der Waals surface area contributed by atoms with E-state index in [1.807, 2.05) is 36.7 Å². The molecule has 0 amide bonds. The number of esters is 1. The predicted octanol–water partition coefficient (Wildman–Crippen LogP) is 7.31. The third-order valence-corrected chi connectivity index (χ3v) is 5.36. The summed E-state index contributed by atoms with van der Waals surface area (Å²) in [6, 6.07) is 7.48. The molecule has 2 rings (SSSR count). The molecule has 1 aromatic carbocycles. The van der Waals surface area contributed by atoms with Crippen molar-refractivity contribution >= 4 is 5.97 Å². The molecule has 0 aliphatic heterocycles. The highest BCUT2D eigenvalue weighted by atomic mass is 16.5. The number of unbranched alkanes of at least 4 members (excludes halogenated alkanes) is 9. The van der Waals surface area contributed by atoms with Crippen LogP contribution in [-0.2, 0) is 11.2 Å². The van der Waals surface area contributed by atoms with Crippen LogP contribution < -0.4 is 4.74 Å². The van der Waals surface area contributed by atoms with Gasteiger partial charge in [-0.15, -0.1) is 0 Å². The quantitative estimate of drug-likeness (QED) is 0.175. The molecule has 0 bridgehead atoms. The van der Waals surface area contributed by atoms with Gasteiger partial charge in [0.25, 0.3) is 0 Å². The van der Waals surface area contributed by atoms with Gasteiger partial charge in [0, 0.05) is 18.2 Å². The van der Waals surface area contributed by atoms with Gasteiger partial charge in [-0.1, -0.05) is 71.6 Å². The van der Waals surface area contributed by atoms with E-state index in [1.54, 1.807) is 0 Å². The van der Waals surface area contributed by atoms with Crippen LogP contribution in [0.25, 0.3) is 11.3 Å². The first kappa shape index (κ1) is 24.0. The Morgan fingerprint density at radius 3 is 2.00 bits per heavy atom. The minimum absolute atomic E-state index is 0.176. The van der Waals surface area contributed by atoms with Crippen LogP contribution in [0.5, 0.6) is 5.75 Å². The van der Waals surface area contributed by atoms with Gasteiger partial charge in [-0.05, 0) is 43.5 Å². The van der Waals surface area contributed by atoms with E-state index in [-0.39, 0.29) is 5.97 Å². The Morgan fingerprint density at radius 2 is 1.40 bits per heavy atom. The summed E-state index contributed by atoms with van der Waals surface area (Å²) in [5, 5.41) is 0. The minimum atomic E-state index is -0.176. The normalized spacial score (nSPS) is 10.9. The summed E-state index contributed by atoms with van der Waals surface area (Å²) in [7, 11) is 0. The van der Waals surface area contributed by atoms with Gasteiger partial charge in [0.15, 0.2) is 0 Å². The summed E-state index contributed by atoms with van der Waals surface area (Å²) in [4.78, 5) is 20.9. The van der Waals surface area contributed by atoms with Crippen LogP contribution in [0, 0.1) is 0 Å². The molecule has 1 aromatic heterocycles. The highest BCUT2D eigenvalue weighted by Gasteiger charge is 2.06. The number of ether oxygens (including phenoxy) is 1. The summed E-state index contributed by atoms with van der Waals surface area (Å²) in [6.07, 6.45) is 19.0. The van der Waals surface area contributed by atoms with E-state index in [2.05, 4.69) is 23.8 Å². The van der Waals surface area contributed by atoms with Gasteiger partial charge in [-0.3, -0.25) is 14.8 Å². The van der Waals surface area contributed by atoms with Crippen LogP contribution in [0.4, 0.5) is 0 Å². The molecular formula is C26H38N2O2. The Hall–Kier alpha value is -2.23. The number of carbonyl (C=O) groups is 1. The number of nitrogens with zero attached hydrogens (tertiary/aromatic N) is 2. The van der Waals surface area contributed by atoms with E-state index in [0.717, 1.165) is 36.2 Å². The van der Waals surface area contributed by atoms with Crippen molar-refractivity contribution in [2.75, 3.05) is 0 Å². The van der Waals surface area contributed by atoms with Crippen LogP contribution in [-0.4, -0.2) is 15.9 Å². The first-order valence-electron chi connectivity index (χ1n) is 11.8. The van der Waals surface area contributed by atoms with E-state index in [0.29, 0.717) is 12.2 Å². The minimum Gasteiger partial charge on any atom is -0.427 e. The lowest BCUT2D eigenvalue weighted by Gasteiger charge is -2.06. The predicted molar refractivity (Wildman–Crippen MR) is 124 cm³/mol. The molecule has 4 heteroatoms. The zero-order valence-electron chi connectivity index (χ0n) is 18.9. The molecule has 0 spiro atoms. The summed E-state index contributed by atoms with van der Waals surface area (Å²) in [6.45, 7) is 4.32. The summed E-state index contributed by atoms with van der Waals surface area (Å²) >= 11 is 0. The maximum absolute atomic E-state index is 11.7. The molecule has 0 N–H and O–H groups in total. The summed E-state index contributed by atoms with van der Waals surface area (Å²) in [5.74, 6) is 0.403. The fourth-order valence-electron chi connectivity index (χ4n) is 3.45. The van der Waals surface area contributed by atoms with Gasteiger partial charge in [0.05, 0.1) is 17.6 Å². The van der Waals surface area contributed by atoms with Crippen molar-refractivity contribution in [2.45, 2.75) is 97.3 Å². The Balaban J connectivity index is 1.69. The highest BCUT2D eigenvalue weighted by Crippen LogP contribution is 2.21. The Labute approximate surface area is 182 Å². The molecule has 0 saturated carbocycles. The number of rotatable bonds is 15. The zero-order valence-corrected chi connectivity index (χ0v) is 18.9. The molecule has 30 heavy (non-hydrogen) atoms. The molecule has 0 fully saturated rings. The second kappa shape index (κ2) is 14.7. The van der Waals surface area contributed by atoms with E-state index in [4.69, 9.17) is 4.74 Å². The molecule has 2 aromatic rings. The highest BCUT2D eigenvalue weighted by molar-refractivity contribution is 5.72. The summed E-state index contributed by atoms with van der Waals surface area (Å²) in [5.41, 5.74) is 2.88. The summed E-state index contributed by atoms with van der Waals surface area (Å²) < 4.78 is 5.35. The van der Waals surface area contributed by atoms with Crippen LogP contribution in [0.2, 0.25) is 0 Å². The van der Waals surface area contributed by atoms with Crippen molar-refractivity contribution in [3.8, 4) is 17.0 Å². The molecule has 0 saturated heterocycles. The van der Waals surface area contributed by atoms with E-state index in [1.165, 1.54) is 57.8 Å². The second-order valence-electron chi connectivity index (χ2n) is 8.07. The standard InChI is InChI=1S/C26H38N2O2/c1-3-5-7-8-9-10-11-12-13-14-23-20-28-25(21-27-23)22-16-18-24(19-17-22)30-26(29)15-6-4-2/h16-21H,3-15H2,1-2H3. The topological polar surface area (TPSA) is 52.1 Å². The van der Waals surface area contributed by atoms with Gasteiger partial charge in [0.1, 0.15) is 5.75 Å². The largest absolute Gasteiger partial charge is 0.427 e. The average molecular weight is 411 g/mol. The lowest BCUT2D eigenvalue weighted by atomic mass is 10.1. The zero-order chi connectivity index (χ0) is 21.4. The van der Waals surface area contributed by atoms with Crippen molar-refractivity contribution < 1.29 is 9.53 Å². The number of aromatic nitrogens is 2. The molecule has 1 heterocycles. The van der Waals surface area contributed by atoms with Gasteiger partial charge in [0.2, 0.25) is 0 Å². The van der Waals surface area contributed by atoms with Crippen LogP contribution in [0.3, 0.4) is 0 Å². The molecular weight excluding hydrogens is 372 g/mol. The van der Waals surface area contributed by atoms with Gasteiger partial charge in [-0.2, -0.15) is 0 Å². The smallest absolute Gasteiger partial charge is 0.311 e. The molecule has 0 aliphatic carbocycles. The van der Waals surface area contributed by atoms with E-state index in [9.17, 15) is 4.79 Å². The van der Waals surface area contributed by atoms with Crippen molar-refractivity contribution in [3.63, 3.8) is 0 Å². The Bertz CT molecular complexity index is 711. The van der Waals surface area contributed by atoms with Crippen molar-refractivity contribution in [1.82, 2.24) is 9.97 Å². The fraction of sp³-hybridized carbons (Fsp3) is 0.577. The maximum Gasteiger partial charge on any atom is 0.311 e. The lowest BCUT2D eigenvalue weighted by molar-refractivity contribution is -0.134. The van der Waals surface area contributed by atoms with E-state index >= 15 is 0 Å². The molecule has 0 radical (unpaired) electrons. The third-order valence-electron chi connectivity index (χ3n) is 5.36. The van der Waals surface area contributed by atoms with Crippen molar-refractivity contribution in [3.05, 3.63) is 42.4 Å². The first-order valence-corrected chi connectivity index (χ1v) is 11.8. The Kier molecular flexibility index (Phi) is 11.8. The molecule has 0 unspecified atom stereocenters. The fourth-order valence-corrected chi connectivity index (χ4v) is 3.45. The van der Waals surface area contributed by atoms with Crippen molar-refractivity contribution in [1.29, 1.82) is 0 Å². The van der Waals surface area contributed by atoms with Crippen LogP contribution in [0.1, 0.15) is 96.6 Å². The second-order valence-corrected chi connectivity index (χ2v) is 8.07. The number of aryl methyl sites for hydroxylation is 1. The van der Waals surface area contributed by atoms with Gasteiger partial charge in [-0.25, -0.2) is 0 Å². The van der Waals surface area contributed by atoms with Crippen LogP contribution >= 0.6 is 0 Å². The first-order chi connectivity index (χ1) is 14.7. The maximum atomic E-state index is 11.7. The van der Waals surface area contributed by atoms with E-state index < -0.39 is 0 Å². The lowest BCUT2D eigenvalue weighted by Crippen LogP contribution is -2.07. The number of carbonyl (C=O) groups excluding carboxylic acids is 1.